The molecule has 0 amide bonds. The topological polar surface area (TPSA) is 55.7 Å². The maximum absolute atomic E-state index is 11.5. The fraction of sp³-hybridized carbons (Fsp3) is 0.0833. The maximum Gasteiger partial charge on any atom is 0.368 e. The highest BCUT2D eigenvalue weighted by molar-refractivity contribution is 6.30. The molecule has 0 bridgehead atoms. The predicted molar refractivity (Wildman–Crippen MR) is 57.8 cm³/mol. The summed E-state index contributed by atoms with van der Waals surface area (Å²) in [4.78, 5) is 27.4. The molecule has 0 atom stereocenters. The largest absolute Gasteiger partial charge is 0.368 e. The number of hydrogen-bond acceptors (Lipinski definition) is 4. The summed E-state index contributed by atoms with van der Waals surface area (Å²) in [7, 11) is 0. The van der Waals surface area contributed by atoms with Gasteiger partial charge in [0.05, 0.1) is 5.57 Å². The first-order valence-electron chi connectivity index (χ1n) is 6.01. The van der Waals surface area contributed by atoms with Crippen molar-refractivity contribution in [2.24, 2.45) is 5.16 Å². The Morgan fingerprint density at radius 1 is 1.44 bits per heavy atom. The van der Waals surface area contributed by atoms with Gasteiger partial charge in [0.2, 0.25) is 0 Å². The third-order valence-electron chi connectivity index (χ3n) is 2.02. The molecule has 4 nitrogen and oxygen atoms in total. The van der Waals surface area contributed by atoms with E-state index in [1.807, 2.05) is 0 Å². The van der Waals surface area contributed by atoms with Gasteiger partial charge in [-0.3, -0.25) is 4.79 Å². The van der Waals surface area contributed by atoms with Crippen molar-refractivity contribution in [2.75, 3.05) is 0 Å². The summed E-state index contributed by atoms with van der Waals surface area (Å²) in [5.74, 6) is -1.97. The van der Waals surface area contributed by atoms with Gasteiger partial charge in [-0.2, -0.15) is 0 Å². The first kappa shape index (κ1) is 7.11. The molecular weight excluding hydrogens is 206 g/mol. The van der Waals surface area contributed by atoms with Crippen LogP contribution in [-0.2, 0) is 14.4 Å². The van der Waals surface area contributed by atoms with Gasteiger partial charge >= 0.3 is 5.97 Å². The molecule has 1 aliphatic heterocycles. The van der Waals surface area contributed by atoms with Crippen molar-refractivity contribution in [3.63, 3.8) is 0 Å². The molecule has 0 fully saturated rings. The lowest BCUT2D eigenvalue weighted by molar-refractivity contribution is -0.137. The Bertz CT molecular complexity index is 588. The highest BCUT2D eigenvalue weighted by Crippen LogP contribution is 2.17. The van der Waals surface area contributed by atoms with Gasteiger partial charge in [0.25, 0.3) is 0 Å². The molecule has 1 aromatic rings. The second kappa shape index (κ2) is 4.10. The molecule has 4 heteroatoms. The molecule has 1 heterocycles. The number of carbonyl (C=O) groups is 2. The van der Waals surface area contributed by atoms with E-state index in [9.17, 15) is 9.59 Å². The molecule has 80 valence electrons. The SMILES string of the molecule is [2H]C([2H])([2H])C(=O)/C=C1\C(=O)ON=C1c1ccccc1. The van der Waals surface area contributed by atoms with Crippen LogP contribution in [0.1, 0.15) is 16.5 Å². The van der Waals surface area contributed by atoms with Gasteiger partial charge in [0, 0.05) is 9.68 Å². The predicted octanol–water partition coefficient (Wildman–Crippen LogP) is 1.46. The van der Waals surface area contributed by atoms with Crippen molar-refractivity contribution in [1.82, 2.24) is 0 Å². The molecule has 0 spiro atoms. The van der Waals surface area contributed by atoms with Crippen molar-refractivity contribution in [2.45, 2.75) is 6.85 Å². The summed E-state index contributed by atoms with van der Waals surface area (Å²) in [6.07, 6.45) is 0.758. The molecule has 0 saturated heterocycles. The lowest BCUT2D eigenvalue weighted by atomic mass is 10.0. The van der Waals surface area contributed by atoms with Crippen LogP contribution in [-0.4, -0.2) is 17.5 Å². The van der Waals surface area contributed by atoms with Gasteiger partial charge in [-0.15, -0.1) is 0 Å². The fourth-order valence-electron chi connectivity index (χ4n) is 1.34. The first-order valence-corrected chi connectivity index (χ1v) is 4.51. The minimum absolute atomic E-state index is 0.146. The zero-order valence-corrected chi connectivity index (χ0v) is 8.14. The smallest absolute Gasteiger partial charge is 0.312 e. The molecule has 0 saturated carbocycles. The Morgan fingerprint density at radius 2 is 2.19 bits per heavy atom. The number of benzene rings is 1. The van der Waals surface area contributed by atoms with E-state index >= 15 is 0 Å². The molecule has 0 radical (unpaired) electrons. The second-order valence-electron chi connectivity index (χ2n) is 3.11. The van der Waals surface area contributed by atoms with E-state index in [1.54, 1.807) is 30.3 Å². The van der Waals surface area contributed by atoms with Gasteiger partial charge in [0.15, 0.2) is 5.78 Å². The zero-order valence-electron chi connectivity index (χ0n) is 11.1. The lowest BCUT2D eigenvalue weighted by Gasteiger charge is -1.98. The van der Waals surface area contributed by atoms with Crippen LogP contribution in [0.4, 0.5) is 0 Å². The zero-order chi connectivity index (χ0) is 14.0. The summed E-state index contributed by atoms with van der Waals surface area (Å²) >= 11 is 0. The lowest BCUT2D eigenvalue weighted by Crippen LogP contribution is -2.08. The number of carbonyl (C=O) groups excluding carboxylic acids is 2. The fourth-order valence-corrected chi connectivity index (χ4v) is 1.34. The van der Waals surface area contributed by atoms with Crippen LogP contribution < -0.4 is 0 Å². The number of rotatable bonds is 2. The van der Waals surface area contributed by atoms with E-state index in [-0.39, 0.29) is 11.3 Å². The summed E-state index contributed by atoms with van der Waals surface area (Å²) in [5, 5.41) is 3.57. The number of allylic oxidation sites excluding steroid dienone is 1. The molecular formula is C12H9NO3. The minimum atomic E-state index is -2.79. The Labute approximate surface area is 96.4 Å². The van der Waals surface area contributed by atoms with Crippen LogP contribution in [0.5, 0.6) is 0 Å². The van der Waals surface area contributed by atoms with Crippen LogP contribution in [0.2, 0.25) is 0 Å². The Morgan fingerprint density at radius 3 is 2.88 bits per heavy atom. The molecule has 0 N–H and O–H groups in total. The van der Waals surface area contributed by atoms with Crippen molar-refractivity contribution in [1.29, 1.82) is 0 Å². The van der Waals surface area contributed by atoms with E-state index < -0.39 is 18.6 Å². The average Bonchev–Trinajstić information content (AvgIpc) is 2.71. The standard InChI is InChI=1S/C12H9NO3/c1-8(14)7-10-11(13-16-12(10)15)9-5-3-2-4-6-9/h2-7H,1H3/b10-7-/i1D3. The van der Waals surface area contributed by atoms with Crippen LogP contribution in [0.3, 0.4) is 0 Å². The van der Waals surface area contributed by atoms with Gasteiger partial charge in [-0.1, -0.05) is 35.5 Å². The summed E-state index contributed by atoms with van der Waals surface area (Å²) in [6.45, 7) is -2.79. The Kier molecular flexibility index (Phi) is 1.82. The van der Waals surface area contributed by atoms with Crippen molar-refractivity contribution in [3.05, 3.63) is 47.5 Å². The van der Waals surface area contributed by atoms with Crippen molar-refractivity contribution in [3.8, 4) is 0 Å². The Balaban J connectivity index is 2.39. The normalized spacial score (nSPS) is 20.8. The van der Waals surface area contributed by atoms with Gasteiger partial charge in [-0.25, -0.2) is 4.79 Å². The van der Waals surface area contributed by atoms with E-state index in [2.05, 4.69) is 9.99 Å². The van der Waals surface area contributed by atoms with Crippen LogP contribution in [0, 0.1) is 0 Å². The minimum Gasteiger partial charge on any atom is -0.312 e. The molecule has 2 rings (SSSR count). The molecule has 0 unspecified atom stereocenters. The number of oxime groups is 1. The highest BCUT2D eigenvalue weighted by atomic mass is 16.7. The number of nitrogens with zero attached hydrogens (tertiary/aromatic N) is 1. The quantitative estimate of drug-likeness (QED) is 0.557. The monoisotopic (exact) mass is 218 g/mol. The van der Waals surface area contributed by atoms with Crippen molar-refractivity contribution < 1.29 is 18.5 Å². The number of ketones is 1. The summed E-state index contributed by atoms with van der Waals surface area (Å²) in [5.41, 5.74) is 0.577. The van der Waals surface area contributed by atoms with Crippen LogP contribution in [0.25, 0.3) is 0 Å². The molecule has 0 aromatic heterocycles. The van der Waals surface area contributed by atoms with E-state index in [0.29, 0.717) is 5.56 Å². The Hall–Kier alpha value is -2.23. The summed E-state index contributed by atoms with van der Waals surface area (Å²) in [6, 6.07) is 8.58. The van der Waals surface area contributed by atoms with Gasteiger partial charge < -0.3 is 4.84 Å². The first-order chi connectivity index (χ1) is 8.89. The van der Waals surface area contributed by atoms with E-state index in [0.717, 1.165) is 6.08 Å². The van der Waals surface area contributed by atoms with Gasteiger partial charge in [-0.05, 0) is 12.9 Å². The second-order valence-corrected chi connectivity index (χ2v) is 3.11. The molecule has 1 aliphatic rings. The number of hydrogen-bond donors (Lipinski definition) is 0. The van der Waals surface area contributed by atoms with Crippen molar-refractivity contribution >= 4 is 17.5 Å². The van der Waals surface area contributed by atoms with E-state index in [1.165, 1.54) is 0 Å². The molecule has 1 aromatic carbocycles. The van der Waals surface area contributed by atoms with Crippen LogP contribution >= 0.6 is 0 Å². The van der Waals surface area contributed by atoms with E-state index in [4.69, 9.17) is 4.11 Å². The maximum atomic E-state index is 11.5. The molecule has 16 heavy (non-hydrogen) atoms. The van der Waals surface area contributed by atoms with Crippen LogP contribution in [0.15, 0.2) is 47.1 Å². The molecule has 0 aliphatic carbocycles. The average molecular weight is 218 g/mol. The third-order valence-corrected chi connectivity index (χ3v) is 2.02. The highest BCUT2D eigenvalue weighted by Gasteiger charge is 2.26. The summed E-state index contributed by atoms with van der Waals surface area (Å²) < 4.78 is 21.0. The third kappa shape index (κ3) is 1.91. The van der Waals surface area contributed by atoms with Gasteiger partial charge in [0.1, 0.15) is 5.71 Å².